The van der Waals surface area contributed by atoms with E-state index in [0.29, 0.717) is 5.69 Å². The normalized spacial score (nSPS) is 12.0. The number of amides is 1. The second-order valence-electron chi connectivity index (χ2n) is 5.84. The zero-order valence-electron chi connectivity index (χ0n) is 14.4. The maximum Gasteiger partial charge on any atom is 0.331 e. The molecule has 0 saturated heterocycles. The Morgan fingerprint density at radius 1 is 0.923 bits per heavy atom. The molecule has 0 heterocycles. The van der Waals surface area contributed by atoms with Crippen molar-refractivity contribution < 1.29 is 14.3 Å². The Balaban J connectivity index is 1.62. The number of hydrogen-bond donors (Lipinski definition) is 1. The lowest BCUT2D eigenvalue weighted by Crippen LogP contribution is -2.29. The van der Waals surface area contributed by atoms with Gasteiger partial charge in [0.2, 0.25) is 0 Å². The third-order valence-electron chi connectivity index (χ3n) is 3.92. The average Bonchev–Trinajstić information content (AvgIpc) is 2.67. The van der Waals surface area contributed by atoms with Crippen molar-refractivity contribution in [1.82, 2.24) is 0 Å². The van der Waals surface area contributed by atoms with Crippen molar-refractivity contribution in [2.45, 2.75) is 13.0 Å². The Morgan fingerprint density at radius 3 is 2.42 bits per heavy atom. The number of anilines is 1. The van der Waals surface area contributed by atoms with Crippen LogP contribution < -0.4 is 5.32 Å². The Hall–Kier alpha value is -3.40. The van der Waals surface area contributed by atoms with Crippen LogP contribution in [0.2, 0.25) is 0 Å². The van der Waals surface area contributed by atoms with E-state index in [4.69, 9.17) is 4.74 Å². The van der Waals surface area contributed by atoms with Gasteiger partial charge in [-0.05, 0) is 30.0 Å². The largest absolute Gasteiger partial charge is 0.449 e. The van der Waals surface area contributed by atoms with Crippen LogP contribution in [0, 0.1) is 0 Å². The molecule has 4 heteroatoms. The van der Waals surface area contributed by atoms with Crippen molar-refractivity contribution in [1.29, 1.82) is 0 Å². The molecule has 26 heavy (non-hydrogen) atoms. The van der Waals surface area contributed by atoms with E-state index in [-0.39, 0.29) is 5.91 Å². The molecule has 3 aromatic carbocycles. The maximum atomic E-state index is 12.4. The fourth-order valence-corrected chi connectivity index (χ4v) is 2.56. The number of benzene rings is 3. The van der Waals surface area contributed by atoms with Crippen LogP contribution in [0.4, 0.5) is 5.69 Å². The van der Waals surface area contributed by atoms with Crippen LogP contribution in [-0.4, -0.2) is 18.0 Å². The smallest absolute Gasteiger partial charge is 0.331 e. The quantitative estimate of drug-likeness (QED) is 0.550. The first-order valence-corrected chi connectivity index (χ1v) is 8.36. The van der Waals surface area contributed by atoms with Crippen LogP contribution in [0.25, 0.3) is 16.8 Å². The summed E-state index contributed by atoms with van der Waals surface area (Å²) in [4.78, 5) is 24.3. The molecule has 0 aliphatic carbocycles. The van der Waals surface area contributed by atoms with Gasteiger partial charge in [0.25, 0.3) is 5.91 Å². The van der Waals surface area contributed by atoms with Crippen molar-refractivity contribution in [2.24, 2.45) is 0 Å². The minimum absolute atomic E-state index is 0.372. The zero-order chi connectivity index (χ0) is 18.4. The lowest BCUT2D eigenvalue weighted by Gasteiger charge is -2.13. The van der Waals surface area contributed by atoms with Gasteiger partial charge < -0.3 is 10.1 Å². The van der Waals surface area contributed by atoms with Crippen molar-refractivity contribution in [2.75, 3.05) is 5.32 Å². The summed E-state index contributed by atoms with van der Waals surface area (Å²) < 4.78 is 5.18. The minimum Gasteiger partial charge on any atom is -0.449 e. The minimum atomic E-state index is -0.901. The molecule has 1 N–H and O–H groups in total. The molecule has 1 amide bonds. The lowest BCUT2D eigenvalue weighted by molar-refractivity contribution is -0.148. The standard InChI is InChI=1S/C22H19NO3/c1-16(26-21(24)15-14-17-8-3-2-4-9-17)22(25)23-20-13-7-11-18-10-5-6-12-19(18)20/h2-16H,1H3,(H,23,25)/b15-14+/t16-/m0/s1. The van der Waals surface area contributed by atoms with Gasteiger partial charge in [0.1, 0.15) is 0 Å². The van der Waals surface area contributed by atoms with Gasteiger partial charge >= 0.3 is 5.97 Å². The Labute approximate surface area is 152 Å². The fourth-order valence-electron chi connectivity index (χ4n) is 2.56. The summed E-state index contributed by atoms with van der Waals surface area (Å²) in [5.74, 6) is -0.933. The second-order valence-corrected chi connectivity index (χ2v) is 5.84. The van der Waals surface area contributed by atoms with Crippen LogP contribution in [0.3, 0.4) is 0 Å². The number of hydrogen-bond acceptors (Lipinski definition) is 3. The van der Waals surface area contributed by atoms with E-state index in [9.17, 15) is 9.59 Å². The summed E-state index contributed by atoms with van der Waals surface area (Å²) in [5.41, 5.74) is 1.58. The van der Waals surface area contributed by atoms with Gasteiger partial charge in [-0.1, -0.05) is 66.7 Å². The number of carbonyl (C=O) groups is 2. The predicted molar refractivity (Wildman–Crippen MR) is 104 cm³/mol. The Bertz CT molecular complexity index is 943. The molecule has 0 aliphatic rings. The van der Waals surface area contributed by atoms with Crippen molar-refractivity contribution in [3.63, 3.8) is 0 Å². The molecule has 0 spiro atoms. The highest BCUT2D eigenvalue weighted by atomic mass is 16.5. The third-order valence-corrected chi connectivity index (χ3v) is 3.92. The van der Waals surface area contributed by atoms with E-state index < -0.39 is 12.1 Å². The molecule has 4 nitrogen and oxygen atoms in total. The van der Waals surface area contributed by atoms with Gasteiger partial charge in [-0.3, -0.25) is 4.79 Å². The molecule has 0 unspecified atom stereocenters. The number of nitrogens with one attached hydrogen (secondary N) is 1. The van der Waals surface area contributed by atoms with E-state index >= 15 is 0 Å². The first kappa shape index (κ1) is 17.4. The summed E-state index contributed by atoms with van der Waals surface area (Å²) in [6, 6.07) is 22.8. The first-order valence-electron chi connectivity index (χ1n) is 8.36. The number of rotatable bonds is 5. The van der Waals surface area contributed by atoms with Gasteiger partial charge in [-0.15, -0.1) is 0 Å². The lowest BCUT2D eigenvalue weighted by atomic mass is 10.1. The van der Waals surface area contributed by atoms with Crippen LogP contribution in [-0.2, 0) is 14.3 Å². The van der Waals surface area contributed by atoms with E-state index in [2.05, 4.69) is 5.32 Å². The summed E-state index contributed by atoms with van der Waals surface area (Å²) in [5, 5.41) is 4.79. The highest BCUT2D eigenvalue weighted by Crippen LogP contribution is 2.23. The molecular formula is C22H19NO3. The predicted octanol–water partition coefficient (Wildman–Crippen LogP) is 4.42. The van der Waals surface area contributed by atoms with E-state index in [1.807, 2.05) is 72.8 Å². The average molecular weight is 345 g/mol. The Kier molecular flexibility index (Phi) is 5.44. The molecule has 0 aliphatic heterocycles. The van der Waals surface area contributed by atoms with Gasteiger partial charge in [0, 0.05) is 17.1 Å². The number of esters is 1. The van der Waals surface area contributed by atoms with E-state index in [1.165, 1.54) is 6.08 Å². The topological polar surface area (TPSA) is 55.4 Å². The Morgan fingerprint density at radius 2 is 1.62 bits per heavy atom. The molecule has 0 bridgehead atoms. The summed E-state index contributed by atoms with van der Waals surface area (Å²) >= 11 is 0. The van der Waals surface area contributed by atoms with Gasteiger partial charge in [-0.25, -0.2) is 4.79 Å². The van der Waals surface area contributed by atoms with Gasteiger partial charge in [-0.2, -0.15) is 0 Å². The first-order chi connectivity index (χ1) is 12.6. The molecule has 0 aromatic heterocycles. The van der Waals surface area contributed by atoms with Crippen molar-refractivity contribution in [3.8, 4) is 0 Å². The number of fused-ring (bicyclic) bond motifs is 1. The highest BCUT2D eigenvalue weighted by molar-refractivity contribution is 6.04. The third kappa shape index (κ3) is 4.36. The number of ether oxygens (including phenoxy) is 1. The second kappa shape index (κ2) is 8.12. The monoisotopic (exact) mass is 345 g/mol. The zero-order valence-corrected chi connectivity index (χ0v) is 14.4. The van der Waals surface area contributed by atoms with Gasteiger partial charge in [0.05, 0.1) is 0 Å². The molecule has 3 aromatic rings. The molecule has 1 atom stereocenters. The van der Waals surface area contributed by atoms with Crippen molar-refractivity contribution in [3.05, 3.63) is 84.4 Å². The highest BCUT2D eigenvalue weighted by Gasteiger charge is 2.17. The van der Waals surface area contributed by atoms with Crippen LogP contribution in [0.5, 0.6) is 0 Å². The maximum absolute atomic E-state index is 12.4. The summed E-state index contributed by atoms with van der Waals surface area (Å²) in [6.45, 7) is 1.55. The molecule has 0 fully saturated rings. The summed E-state index contributed by atoms with van der Waals surface area (Å²) in [7, 11) is 0. The van der Waals surface area contributed by atoms with E-state index in [0.717, 1.165) is 16.3 Å². The summed E-state index contributed by atoms with van der Waals surface area (Å²) in [6.07, 6.45) is 2.07. The molecule has 130 valence electrons. The fraction of sp³-hybridized carbons (Fsp3) is 0.0909. The van der Waals surface area contributed by atoms with Crippen LogP contribution in [0.15, 0.2) is 78.9 Å². The SMILES string of the molecule is C[C@H](OC(=O)/C=C/c1ccccc1)C(=O)Nc1cccc2ccccc12. The van der Waals surface area contributed by atoms with Crippen LogP contribution >= 0.6 is 0 Å². The molecule has 3 rings (SSSR count). The van der Waals surface area contributed by atoms with Crippen LogP contribution in [0.1, 0.15) is 12.5 Å². The molecular weight excluding hydrogens is 326 g/mol. The van der Waals surface area contributed by atoms with Gasteiger partial charge in [0.15, 0.2) is 6.10 Å². The molecule has 0 saturated carbocycles. The van der Waals surface area contributed by atoms with E-state index in [1.54, 1.807) is 13.0 Å². The van der Waals surface area contributed by atoms with Crippen molar-refractivity contribution >= 4 is 34.4 Å². The number of carbonyl (C=O) groups excluding carboxylic acids is 2. The molecule has 0 radical (unpaired) electrons.